The Hall–Kier alpha value is 0.110. The molecular weight excluding hydrogens is 200 g/mol. The fourth-order valence-electron chi connectivity index (χ4n) is 1.15. The Morgan fingerprint density at radius 3 is 2.77 bits per heavy atom. The molecule has 1 fully saturated rings. The van der Waals surface area contributed by atoms with E-state index in [1.54, 1.807) is 0 Å². The van der Waals surface area contributed by atoms with Crippen molar-refractivity contribution in [2.24, 2.45) is 5.92 Å². The number of carbonyl (C=O) groups excluding carboxylic acids is 1. The number of hydrogen-bond acceptors (Lipinski definition) is 3. The summed E-state index contributed by atoms with van der Waals surface area (Å²) in [5.74, 6) is 2.56. The molecule has 1 rings (SSSR count). The lowest BCUT2D eigenvalue weighted by molar-refractivity contribution is -0.109. The molecule has 1 heterocycles. The molecule has 0 bridgehead atoms. The molecule has 13 heavy (non-hydrogen) atoms. The summed E-state index contributed by atoms with van der Waals surface area (Å²) >= 11 is 4.01. The Bertz CT molecular complexity index is 185. The fourth-order valence-corrected chi connectivity index (χ4v) is 4.11. The summed E-state index contributed by atoms with van der Waals surface area (Å²) in [5.41, 5.74) is 1.09. The van der Waals surface area contributed by atoms with E-state index < -0.39 is 0 Å². The van der Waals surface area contributed by atoms with Gasteiger partial charge in [0.2, 0.25) is 0 Å². The van der Waals surface area contributed by atoms with Gasteiger partial charge in [0.15, 0.2) is 0 Å². The zero-order valence-corrected chi connectivity index (χ0v) is 9.63. The Labute approximate surface area is 88.7 Å². The second kappa shape index (κ2) is 5.76. The van der Waals surface area contributed by atoms with E-state index in [1.807, 2.05) is 30.4 Å². The topological polar surface area (TPSA) is 17.1 Å². The number of aldehydes is 1. The second-order valence-electron chi connectivity index (χ2n) is 3.31. The molecule has 1 nitrogen and oxygen atoms in total. The molecule has 0 spiro atoms. The van der Waals surface area contributed by atoms with Crippen LogP contribution in [0, 0.1) is 5.92 Å². The Morgan fingerprint density at radius 1 is 1.62 bits per heavy atom. The Morgan fingerprint density at radius 2 is 2.23 bits per heavy atom. The van der Waals surface area contributed by atoms with Gasteiger partial charge in [-0.05, 0) is 24.3 Å². The van der Waals surface area contributed by atoms with Crippen LogP contribution in [0.4, 0.5) is 0 Å². The van der Waals surface area contributed by atoms with Crippen molar-refractivity contribution in [3.05, 3.63) is 12.2 Å². The highest BCUT2D eigenvalue weighted by Gasteiger charge is 2.17. The van der Waals surface area contributed by atoms with Crippen molar-refractivity contribution < 1.29 is 4.79 Å². The van der Waals surface area contributed by atoms with Gasteiger partial charge < -0.3 is 4.79 Å². The van der Waals surface area contributed by atoms with Crippen molar-refractivity contribution in [1.82, 2.24) is 0 Å². The van der Waals surface area contributed by atoms with E-state index in [-0.39, 0.29) is 5.92 Å². The lowest BCUT2D eigenvalue weighted by Gasteiger charge is -2.22. The third-order valence-corrected chi connectivity index (χ3v) is 5.12. The molecule has 3 heteroatoms. The maximum Gasteiger partial charge on any atom is 0.126 e. The number of thioether (sulfide) groups is 2. The summed E-state index contributed by atoms with van der Waals surface area (Å²) in [6.07, 6.45) is 3.30. The molecule has 0 aromatic heterocycles. The lowest BCUT2D eigenvalue weighted by Crippen LogP contribution is -2.10. The smallest absolute Gasteiger partial charge is 0.126 e. The normalized spacial score (nSPS) is 21.0. The molecule has 1 aliphatic rings. The first-order chi connectivity index (χ1) is 6.24. The molecule has 1 aliphatic heterocycles. The molecule has 0 radical (unpaired) electrons. The van der Waals surface area contributed by atoms with Gasteiger partial charge in [-0.2, -0.15) is 0 Å². The lowest BCUT2D eigenvalue weighted by atomic mass is 10.0. The molecule has 0 unspecified atom stereocenters. The van der Waals surface area contributed by atoms with E-state index in [9.17, 15) is 4.79 Å². The standard InChI is InChI=1S/C10H16OS2/c1-8(9(2)7-11)6-10-12-4-3-5-13-10/h7,9-10H,1,3-6H2,2H3/t9-/m0/s1. The third-order valence-electron chi connectivity index (χ3n) is 2.17. The molecule has 0 N–H and O–H groups in total. The quantitative estimate of drug-likeness (QED) is 0.531. The van der Waals surface area contributed by atoms with E-state index in [0.717, 1.165) is 18.3 Å². The van der Waals surface area contributed by atoms with Crippen LogP contribution in [-0.2, 0) is 4.79 Å². The molecule has 0 saturated carbocycles. The van der Waals surface area contributed by atoms with Crippen LogP contribution in [0.2, 0.25) is 0 Å². The molecule has 0 aromatic rings. The van der Waals surface area contributed by atoms with Crippen molar-refractivity contribution in [2.75, 3.05) is 11.5 Å². The average Bonchev–Trinajstić information content (AvgIpc) is 2.18. The monoisotopic (exact) mass is 216 g/mol. The molecule has 1 saturated heterocycles. The van der Waals surface area contributed by atoms with E-state index in [0.29, 0.717) is 4.58 Å². The minimum Gasteiger partial charge on any atom is -0.303 e. The van der Waals surface area contributed by atoms with Crippen molar-refractivity contribution in [1.29, 1.82) is 0 Å². The van der Waals surface area contributed by atoms with Crippen LogP contribution < -0.4 is 0 Å². The third kappa shape index (κ3) is 3.77. The van der Waals surface area contributed by atoms with Crippen LogP contribution in [0.5, 0.6) is 0 Å². The van der Waals surface area contributed by atoms with Crippen molar-refractivity contribution >= 4 is 29.8 Å². The molecule has 0 aliphatic carbocycles. The van der Waals surface area contributed by atoms with Crippen LogP contribution in [0.25, 0.3) is 0 Å². The highest BCUT2D eigenvalue weighted by molar-refractivity contribution is 8.17. The Kier molecular flexibility index (Phi) is 4.96. The van der Waals surface area contributed by atoms with Gasteiger partial charge in [-0.3, -0.25) is 0 Å². The van der Waals surface area contributed by atoms with Gasteiger partial charge in [0.1, 0.15) is 6.29 Å². The molecule has 0 aromatic carbocycles. The largest absolute Gasteiger partial charge is 0.303 e. The number of allylic oxidation sites excluding steroid dienone is 1. The maximum absolute atomic E-state index is 10.5. The highest BCUT2D eigenvalue weighted by Crippen LogP contribution is 2.35. The second-order valence-corrected chi connectivity index (χ2v) is 6.23. The van der Waals surface area contributed by atoms with Crippen molar-refractivity contribution in [2.45, 2.75) is 24.3 Å². The fraction of sp³-hybridized carbons (Fsp3) is 0.700. The first kappa shape index (κ1) is 11.2. The number of hydrogen-bond donors (Lipinski definition) is 0. The van der Waals surface area contributed by atoms with E-state index in [1.165, 1.54) is 17.9 Å². The zero-order chi connectivity index (χ0) is 9.68. The van der Waals surface area contributed by atoms with Crippen LogP contribution in [0.15, 0.2) is 12.2 Å². The summed E-state index contributed by atoms with van der Waals surface area (Å²) in [6, 6.07) is 0. The van der Waals surface area contributed by atoms with E-state index in [2.05, 4.69) is 6.58 Å². The van der Waals surface area contributed by atoms with E-state index in [4.69, 9.17) is 0 Å². The maximum atomic E-state index is 10.5. The zero-order valence-electron chi connectivity index (χ0n) is 7.99. The van der Waals surface area contributed by atoms with Crippen molar-refractivity contribution in [3.8, 4) is 0 Å². The van der Waals surface area contributed by atoms with Gasteiger partial charge in [0.25, 0.3) is 0 Å². The van der Waals surface area contributed by atoms with E-state index >= 15 is 0 Å². The van der Waals surface area contributed by atoms with Gasteiger partial charge in [-0.25, -0.2) is 0 Å². The SMILES string of the molecule is C=C(CC1SCCCS1)[C@@H](C)C=O. The number of carbonyl (C=O) groups is 1. The summed E-state index contributed by atoms with van der Waals surface area (Å²) < 4.78 is 0.642. The van der Waals surface area contributed by atoms with Crippen molar-refractivity contribution in [3.63, 3.8) is 0 Å². The minimum atomic E-state index is 0.0307. The van der Waals surface area contributed by atoms with Gasteiger partial charge in [-0.15, -0.1) is 23.5 Å². The minimum absolute atomic E-state index is 0.0307. The number of rotatable bonds is 4. The predicted octanol–water partition coefficient (Wildman–Crippen LogP) is 2.96. The van der Waals surface area contributed by atoms with Gasteiger partial charge in [-0.1, -0.05) is 19.1 Å². The first-order valence-corrected chi connectivity index (χ1v) is 6.70. The van der Waals surface area contributed by atoms with Crippen LogP contribution in [-0.4, -0.2) is 22.4 Å². The summed E-state index contributed by atoms with van der Waals surface area (Å²) in [4.78, 5) is 10.5. The molecule has 74 valence electrons. The summed E-state index contributed by atoms with van der Waals surface area (Å²) in [6.45, 7) is 5.89. The highest BCUT2D eigenvalue weighted by atomic mass is 32.2. The molecular formula is C10H16OS2. The Balaban J connectivity index is 2.29. The average molecular weight is 216 g/mol. The summed E-state index contributed by atoms with van der Waals surface area (Å²) in [7, 11) is 0. The van der Waals surface area contributed by atoms with Crippen LogP contribution >= 0.6 is 23.5 Å². The van der Waals surface area contributed by atoms with Gasteiger partial charge in [0, 0.05) is 5.92 Å². The predicted molar refractivity (Wildman–Crippen MR) is 62.3 cm³/mol. The molecule has 0 amide bonds. The summed E-state index contributed by atoms with van der Waals surface area (Å²) in [5, 5.41) is 0. The van der Waals surface area contributed by atoms with Gasteiger partial charge in [0.05, 0.1) is 4.58 Å². The first-order valence-electron chi connectivity index (χ1n) is 4.60. The van der Waals surface area contributed by atoms with Crippen LogP contribution in [0.3, 0.4) is 0 Å². The van der Waals surface area contributed by atoms with Gasteiger partial charge >= 0.3 is 0 Å². The van der Waals surface area contributed by atoms with Crippen LogP contribution in [0.1, 0.15) is 19.8 Å². The molecule has 1 atom stereocenters.